The predicted octanol–water partition coefficient (Wildman–Crippen LogP) is 2.33. The van der Waals surface area contributed by atoms with Gasteiger partial charge in [0.05, 0.1) is 7.11 Å². The quantitative estimate of drug-likeness (QED) is 0.452. The topological polar surface area (TPSA) is 127 Å². The highest BCUT2D eigenvalue weighted by Crippen LogP contribution is 2.30. The lowest BCUT2D eigenvalue weighted by atomic mass is 9.98. The van der Waals surface area contributed by atoms with E-state index in [2.05, 4.69) is 35.8 Å². The first-order chi connectivity index (χ1) is 15.2. The van der Waals surface area contributed by atoms with Gasteiger partial charge in [-0.3, -0.25) is 4.79 Å². The second kappa shape index (κ2) is 7.48. The summed E-state index contributed by atoms with van der Waals surface area (Å²) in [4.78, 5) is 16.9. The number of H-pyrrole nitrogens is 2. The van der Waals surface area contributed by atoms with E-state index < -0.39 is 0 Å². The maximum absolute atomic E-state index is 12.4. The van der Waals surface area contributed by atoms with Crippen LogP contribution in [0.1, 0.15) is 11.4 Å². The number of hydrogen-bond donors (Lipinski definition) is 2. The van der Waals surface area contributed by atoms with Gasteiger partial charge in [-0.25, -0.2) is 10.1 Å². The Hall–Kier alpha value is -4.34. The SMILES string of the molecule is COc1n[nH]c(=O)c2c1nc(C)n2Cc1ccc(-c2ccccc2-c2nn[nH]n2)cc1. The van der Waals surface area contributed by atoms with Crippen molar-refractivity contribution in [2.75, 3.05) is 7.11 Å². The van der Waals surface area contributed by atoms with Crippen molar-refractivity contribution >= 4 is 11.0 Å². The summed E-state index contributed by atoms with van der Waals surface area (Å²) >= 11 is 0. The molecule has 2 aromatic carbocycles. The van der Waals surface area contributed by atoms with E-state index in [0.29, 0.717) is 35.1 Å². The third-order valence-corrected chi connectivity index (χ3v) is 5.15. The zero-order valence-electron chi connectivity index (χ0n) is 16.8. The van der Waals surface area contributed by atoms with Crippen molar-refractivity contribution in [3.8, 4) is 28.4 Å². The van der Waals surface area contributed by atoms with Crippen LogP contribution in [0.15, 0.2) is 53.3 Å². The summed E-state index contributed by atoms with van der Waals surface area (Å²) in [5.41, 5.74) is 4.55. The minimum absolute atomic E-state index is 0.296. The Balaban J connectivity index is 1.51. The standard InChI is InChI=1S/C21H18N8O2/c1-12-22-17-18(20(30)25-26-21(17)31-2)29(12)11-13-7-9-14(10-8-13)15-5-3-4-6-16(15)19-23-27-28-24-19/h3-10H,11H2,1-2H3,(H,25,30)(H,23,24,27,28). The van der Waals surface area contributed by atoms with Gasteiger partial charge in [0, 0.05) is 12.1 Å². The van der Waals surface area contributed by atoms with Gasteiger partial charge in [-0.05, 0) is 28.8 Å². The van der Waals surface area contributed by atoms with Gasteiger partial charge in [0.25, 0.3) is 11.4 Å². The zero-order chi connectivity index (χ0) is 21.4. The van der Waals surface area contributed by atoms with Crippen LogP contribution in [-0.4, -0.2) is 47.5 Å². The van der Waals surface area contributed by atoms with Crippen LogP contribution in [-0.2, 0) is 6.54 Å². The normalized spacial score (nSPS) is 11.2. The van der Waals surface area contributed by atoms with Crippen molar-refractivity contribution in [1.82, 2.24) is 40.4 Å². The van der Waals surface area contributed by atoms with Crippen molar-refractivity contribution in [2.45, 2.75) is 13.5 Å². The molecular formula is C21H18N8O2. The number of aromatic nitrogens is 8. The number of nitrogens with zero attached hydrogens (tertiary/aromatic N) is 6. The Kier molecular flexibility index (Phi) is 4.51. The van der Waals surface area contributed by atoms with E-state index in [-0.39, 0.29) is 5.56 Å². The second-order valence-corrected chi connectivity index (χ2v) is 6.98. The summed E-state index contributed by atoms with van der Waals surface area (Å²) in [6, 6.07) is 16.0. The molecule has 2 N–H and O–H groups in total. The molecule has 0 radical (unpaired) electrons. The molecule has 0 aliphatic rings. The first kappa shape index (κ1) is 18.7. The van der Waals surface area contributed by atoms with Crippen LogP contribution >= 0.6 is 0 Å². The molecule has 0 atom stereocenters. The van der Waals surface area contributed by atoms with Crippen LogP contribution in [0.5, 0.6) is 5.88 Å². The zero-order valence-corrected chi connectivity index (χ0v) is 16.8. The molecule has 0 unspecified atom stereocenters. The third-order valence-electron chi connectivity index (χ3n) is 5.15. The number of tetrazole rings is 1. The molecule has 5 rings (SSSR count). The van der Waals surface area contributed by atoms with Gasteiger partial charge in [-0.15, -0.1) is 15.3 Å². The third kappa shape index (κ3) is 3.23. The van der Waals surface area contributed by atoms with E-state index in [9.17, 15) is 4.79 Å². The average Bonchev–Trinajstić information content (AvgIpc) is 3.44. The summed E-state index contributed by atoms with van der Waals surface area (Å²) in [6.07, 6.45) is 0. The Labute approximate surface area is 175 Å². The molecular weight excluding hydrogens is 396 g/mol. The van der Waals surface area contributed by atoms with Crippen molar-refractivity contribution in [3.63, 3.8) is 0 Å². The minimum Gasteiger partial charge on any atom is -0.478 e. The number of methoxy groups -OCH3 is 1. The van der Waals surface area contributed by atoms with E-state index >= 15 is 0 Å². The molecule has 10 nitrogen and oxygen atoms in total. The summed E-state index contributed by atoms with van der Waals surface area (Å²) in [6.45, 7) is 2.35. The molecule has 0 aliphatic heterocycles. The van der Waals surface area contributed by atoms with Crippen molar-refractivity contribution in [3.05, 3.63) is 70.3 Å². The van der Waals surface area contributed by atoms with Crippen molar-refractivity contribution < 1.29 is 4.74 Å². The van der Waals surface area contributed by atoms with Crippen LogP contribution in [0.3, 0.4) is 0 Å². The Bertz CT molecular complexity index is 1420. The van der Waals surface area contributed by atoms with Crippen molar-refractivity contribution in [2.24, 2.45) is 0 Å². The fourth-order valence-corrected chi connectivity index (χ4v) is 3.67. The largest absolute Gasteiger partial charge is 0.478 e. The number of fused-ring (bicyclic) bond motifs is 1. The lowest BCUT2D eigenvalue weighted by Crippen LogP contribution is -2.14. The van der Waals surface area contributed by atoms with E-state index in [1.54, 1.807) is 0 Å². The van der Waals surface area contributed by atoms with Gasteiger partial charge >= 0.3 is 0 Å². The fraction of sp³-hybridized carbons (Fsp3) is 0.143. The van der Waals surface area contributed by atoms with E-state index in [1.807, 2.05) is 60.0 Å². The van der Waals surface area contributed by atoms with Gasteiger partial charge in [0.2, 0.25) is 5.82 Å². The number of benzene rings is 2. The molecule has 0 amide bonds. The first-order valence-electron chi connectivity index (χ1n) is 9.57. The molecule has 31 heavy (non-hydrogen) atoms. The summed E-state index contributed by atoms with van der Waals surface area (Å²) in [7, 11) is 1.50. The molecule has 0 saturated heterocycles. The average molecular weight is 414 g/mol. The molecule has 3 aromatic heterocycles. The van der Waals surface area contributed by atoms with Crippen LogP contribution in [0.25, 0.3) is 33.5 Å². The monoisotopic (exact) mass is 414 g/mol. The van der Waals surface area contributed by atoms with E-state index in [4.69, 9.17) is 4.74 Å². The second-order valence-electron chi connectivity index (χ2n) is 6.98. The van der Waals surface area contributed by atoms with Gasteiger partial charge < -0.3 is 9.30 Å². The number of nitrogens with one attached hydrogen (secondary N) is 2. The smallest absolute Gasteiger partial charge is 0.290 e. The van der Waals surface area contributed by atoms with Crippen molar-refractivity contribution in [1.29, 1.82) is 0 Å². The number of aromatic amines is 2. The van der Waals surface area contributed by atoms with Crippen LogP contribution < -0.4 is 10.3 Å². The number of aryl methyl sites for hydroxylation is 1. The van der Waals surface area contributed by atoms with E-state index in [1.165, 1.54) is 7.11 Å². The maximum atomic E-state index is 12.4. The van der Waals surface area contributed by atoms with Gasteiger partial charge in [0.1, 0.15) is 11.3 Å². The highest BCUT2D eigenvalue weighted by molar-refractivity contribution is 5.81. The number of ether oxygens (including phenoxy) is 1. The molecule has 3 heterocycles. The van der Waals surface area contributed by atoms with Crippen LogP contribution in [0.4, 0.5) is 0 Å². The fourth-order valence-electron chi connectivity index (χ4n) is 3.67. The number of rotatable bonds is 5. The van der Waals surface area contributed by atoms with Gasteiger partial charge in [-0.2, -0.15) is 5.21 Å². The predicted molar refractivity (Wildman–Crippen MR) is 114 cm³/mol. The molecule has 5 aromatic rings. The minimum atomic E-state index is -0.304. The molecule has 0 aliphatic carbocycles. The molecule has 10 heteroatoms. The number of hydrogen-bond acceptors (Lipinski definition) is 7. The summed E-state index contributed by atoms with van der Waals surface area (Å²) < 4.78 is 7.10. The van der Waals surface area contributed by atoms with Crippen LogP contribution in [0, 0.1) is 6.92 Å². The highest BCUT2D eigenvalue weighted by Gasteiger charge is 2.17. The Morgan fingerprint density at radius 3 is 2.52 bits per heavy atom. The molecule has 0 fully saturated rings. The van der Waals surface area contributed by atoms with E-state index in [0.717, 1.165) is 22.3 Å². The molecule has 154 valence electrons. The van der Waals surface area contributed by atoms with Gasteiger partial charge in [0.15, 0.2) is 5.52 Å². The molecule has 0 spiro atoms. The maximum Gasteiger partial charge on any atom is 0.290 e. The number of imidazole rings is 1. The van der Waals surface area contributed by atoms with Crippen LogP contribution in [0.2, 0.25) is 0 Å². The lowest BCUT2D eigenvalue weighted by Gasteiger charge is -2.10. The first-order valence-corrected chi connectivity index (χ1v) is 9.57. The van der Waals surface area contributed by atoms with Gasteiger partial charge in [-0.1, -0.05) is 48.5 Å². The molecule has 0 saturated carbocycles. The highest BCUT2D eigenvalue weighted by atomic mass is 16.5. The Morgan fingerprint density at radius 2 is 1.81 bits per heavy atom. The summed E-state index contributed by atoms with van der Waals surface area (Å²) in [5.74, 6) is 1.55. The Morgan fingerprint density at radius 1 is 1.03 bits per heavy atom. The summed E-state index contributed by atoms with van der Waals surface area (Å²) in [5, 5.41) is 20.7. The molecule has 0 bridgehead atoms. The lowest BCUT2D eigenvalue weighted by molar-refractivity contribution is 0.396.